The van der Waals surface area contributed by atoms with Gasteiger partial charge < -0.3 is 5.32 Å². The minimum atomic E-state index is -0.647. The first kappa shape index (κ1) is 13.7. The highest BCUT2D eigenvalue weighted by molar-refractivity contribution is 7.80. The number of nitrogens with zero attached hydrogens (tertiary/aromatic N) is 1. The maximum Gasteiger partial charge on any atom is 0.325 e. The van der Waals surface area contributed by atoms with Gasteiger partial charge in [0, 0.05) is 6.54 Å². The molecule has 1 saturated heterocycles. The van der Waals surface area contributed by atoms with Crippen LogP contribution in [0, 0.1) is 11.8 Å². The zero-order chi connectivity index (χ0) is 13.3. The SMILES string of the molecule is CC1CCCC(C)C12NC(=O)N(CCCS)C2=O. The minimum Gasteiger partial charge on any atom is -0.323 e. The van der Waals surface area contributed by atoms with Crippen molar-refractivity contribution in [3.8, 4) is 0 Å². The van der Waals surface area contributed by atoms with Crippen LogP contribution in [0.4, 0.5) is 4.79 Å². The quantitative estimate of drug-likeness (QED) is 0.609. The second-order valence-corrected chi connectivity index (χ2v) is 6.01. The lowest BCUT2D eigenvalue weighted by Crippen LogP contribution is -2.58. The number of thiol groups is 1. The molecule has 2 aliphatic rings. The summed E-state index contributed by atoms with van der Waals surface area (Å²) in [5, 5.41) is 2.99. The van der Waals surface area contributed by atoms with Crippen molar-refractivity contribution in [2.75, 3.05) is 12.3 Å². The molecule has 102 valence electrons. The highest BCUT2D eigenvalue weighted by Gasteiger charge is 2.57. The molecule has 1 spiro atoms. The number of nitrogens with one attached hydrogen (secondary N) is 1. The molecule has 3 amide bonds. The van der Waals surface area contributed by atoms with E-state index in [1.54, 1.807) is 0 Å². The molecule has 2 fully saturated rings. The zero-order valence-corrected chi connectivity index (χ0v) is 12.0. The molecule has 5 heteroatoms. The summed E-state index contributed by atoms with van der Waals surface area (Å²) in [6.07, 6.45) is 3.92. The Hall–Kier alpha value is -0.710. The number of urea groups is 1. The number of imide groups is 1. The number of carbonyl (C=O) groups is 2. The number of hydrogen-bond acceptors (Lipinski definition) is 3. The normalized spacial score (nSPS) is 36.3. The first-order chi connectivity index (χ1) is 8.54. The summed E-state index contributed by atoms with van der Waals surface area (Å²) < 4.78 is 0. The van der Waals surface area contributed by atoms with Crippen LogP contribution in [0.1, 0.15) is 39.5 Å². The number of amides is 3. The van der Waals surface area contributed by atoms with Gasteiger partial charge in [0.2, 0.25) is 0 Å². The van der Waals surface area contributed by atoms with E-state index in [-0.39, 0.29) is 23.8 Å². The number of rotatable bonds is 3. The summed E-state index contributed by atoms with van der Waals surface area (Å²) in [6, 6.07) is -0.220. The van der Waals surface area contributed by atoms with Crippen LogP contribution in [-0.2, 0) is 4.79 Å². The van der Waals surface area contributed by atoms with E-state index in [9.17, 15) is 9.59 Å². The van der Waals surface area contributed by atoms with Crippen molar-refractivity contribution in [2.24, 2.45) is 11.8 Å². The Morgan fingerprint density at radius 1 is 1.33 bits per heavy atom. The Kier molecular flexibility index (Phi) is 3.90. The largest absolute Gasteiger partial charge is 0.325 e. The van der Waals surface area contributed by atoms with Crippen LogP contribution in [0.25, 0.3) is 0 Å². The maximum absolute atomic E-state index is 12.6. The fraction of sp³-hybridized carbons (Fsp3) is 0.846. The van der Waals surface area contributed by atoms with E-state index in [1.807, 2.05) is 0 Å². The molecular weight excluding hydrogens is 248 g/mol. The fourth-order valence-corrected chi connectivity index (χ4v) is 3.53. The van der Waals surface area contributed by atoms with Crippen molar-refractivity contribution >= 4 is 24.6 Å². The van der Waals surface area contributed by atoms with E-state index in [4.69, 9.17) is 0 Å². The first-order valence-corrected chi connectivity index (χ1v) is 7.42. The van der Waals surface area contributed by atoms with Gasteiger partial charge in [0.05, 0.1) is 0 Å². The van der Waals surface area contributed by atoms with Gasteiger partial charge in [0.25, 0.3) is 5.91 Å². The monoisotopic (exact) mass is 270 g/mol. The smallest absolute Gasteiger partial charge is 0.323 e. The second kappa shape index (κ2) is 5.11. The number of carbonyl (C=O) groups excluding carboxylic acids is 2. The molecular formula is C13H22N2O2S. The van der Waals surface area contributed by atoms with Gasteiger partial charge in [0.15, 0.2) is 0 Å². The molecule has 0 aromatic rings. The molecule has 0 radical (unpaired) electrons. The van der Waals surface area contributed by atoms with Gasteiger partial charge in [-0.15, -0.1) is 0 Å². The van der Waals surface area contributed by atoms with Crippen LogP contribution in [0.3, 0.4) is 0 Å². The second-order valence-electron chi connectivity index (χ2n) is 5.57. The summed E-state index contributed by atoms with van der Waals surface area (Å²) in [5.41, 5.74) is -0.647. The van der Waals surface area contributed by atoms with E-state index < -0.39 is 5.54 Å². The molecule has 2 unspecified atom stereocenters. The summed E-state index contributed by atoms with van der Waals surface area (Å²) in [5.74, 6) is 1.11. The zero-order valence-electron chi connectivity index (χ0n) is 11.1. The Morgan fingerprint density at radius 2 is 1.94 bits per heavy atom. The van der Waals surface area contributed by atoms with Crippen LogP contribution >= 0.6 is 12.6 Å². The molecule has 0 aromatic heterocycles. The average Bonchev–Trinajstić information content (AvgIpc) is 2.58. The Bertz CT molecular complexity index is 349. The van der Waals surface area contributed by atoms with E-state index in [0.29, 0.717) is 12.3 Å². The van der Waals surface area contributed by atoms with Gasteiger partial charge in [0.1, 0.15) is 5.54 Å². The molecule has 0 bridgehead atoms. The van der Waals surface area contributed by atoms with E-state index in [2.05, 4.69) is 31.8 Å². The van der Waals surface area contributed by atoms with Crippen LogP contribution in [0.15, 0.2) is 0 Å². The molecule has 1 aliphatic heterocycles. The standard InChI is InChI=1S/C13H22N2O2S/c1-9-5-3-6-10(2)13(9)11(16)15(7-4-8-18)12(17)14-13/h9-10,18H,3-8H2,1-2H3,(H,14,17). The highest BCUT2D eigenvalue weighted by atomic mass is 32.1. The summed E-state index contributed by atoms with van der Waals surface area (Å²) in [4.78, 5) is 26.0. The van der Waals surface area contributed by atoms with Gasteiger partial charge in [-0.05, 0) is 36.9 Å². The molecule has 1 N–H and O–H groups in total. The third kappa shape index (κ3) is 1.92. The van der Waals surface area contributed by atoms with Gasteiger partial charge in [-0.2, -0.15) is 12.6 Å². The summed E-state index contributed by atoms with van der Waals surface area (Å²) in [6.45, 7) is 4.64. The van der Waals surface area contributed by atoms with Crippen molar-refractivity contribution in [3.63, 3.8) is 0 Å². The van der Waals surface area contributed by atoms with Crippen molar-refractivity contribution in [2.45, 2.75) is 45.1 Å². The van der Waals surface area contributed by atoms with Gasteiger partial charge >= 0.3 is 6.03 Å². The number of hydrogen-bond donors (Lipinski definition) is 2. The van der Waals surface area contributed by atoms with Crippen LogP contribution in [-0.4, -0.2) is 34.7 Å². The topological polar surface area (TPSA) is 49.4 Å². The Balaban J connectivity index is 2.24. The van der Waals surface area contributed by atoms with Gasteiger partial charge in [-0.1, -0.05) is 20.3 Å². The molecule has 1 aliphatic carbocycles. The molecule has 1 saturated carbocycles. The lowest BCUT2D eigenvalue weighted by atomic mass is 9.67. The van der Waals surface area contributed by atoms with Crippen LogP contribution < -0.4 is 5.32 Å². The minimum absolute atomic E-state index is 0.0195. The first-order valence-electron chi connectivity index (χ1n) is 6.79. The van der Waals surface area contributed by atoms with Crippen molar-refractivity contribution in [3.05, 3.63) is 0 Å². The highest BCUT2D eigenvalue weighted by Crippen LogP contribution is 2.42. The molecule has 1 heterocycles. The lowest BCUT2D eigenvalue weighted by Gasteiger charge is -2.42. The van der Waals surface area contributed by atoms with Crippen molar-refractivity contribution in [1.29, 1.82) is 0 Å². The predicted octanol–water partition coefficient (Wildman–Crippen LogP) is 2.05. The Labute approximate surface area is 114 Å². The summed E-state index contributed by atoms with van der Waals surface area (Å²) in [7, 11) is 0. The van der Waals surface area contributed by atoms with Crippen molar-refractivity contribution < 1.29 is 9.59 Å². The molecule has 2 atom stereocenters. The van der Waals surface area contributed by atoms with Crippen molar-refractivity contribution in [1.82, 2.24) is 10.2 Å². The van der Waals surface area contributed by atoms with E-state index in [0.717, 1.165) is 25.7 Å². The third-order valence-corrected chi connectivity index (χ3v) is 4.84. The Morgan fingerprint density at radius 3 is 2.50 bits per heavy atom. The fourth-order valence-electron chi connectivity index (χ4n) is 3.38. The average molecular weight is 270 g/mol. The molecule has 4 nitrogen and oxygen atoms in total. The molecule has 18 heavy (non-hydrogen) atoms. The molecule has 0 aromatic carbocycles. The summed E-state index contributed by atoms with van der Waals surface area (Å²) >= 11 is 4.14. The maximum atomic E-state index is 12.6. The van der Waals surface area contributed by atoms with E-state index in [1.165, 1.54) is 4.90 Å². The molecule has 2 rings (SSSR count). The lowest BCUT2D eigenvalue weighted by molar-refractivity contribution is -0.136. The van der Waals surface area contributed by atoms with Gasteiger partial charge in [-0.3, -0.25) is 9.69 Å². The third-order valence-electron chi connectivity index (χ3n) is 4.53. The van der Waals surface area contributed by atoms with Gasteiger partial charge in [-0.25, -0.2) is 4.79 Å². The van der Waals surface area contributed by atoms with E-state index >= 15 is 0 Å². The predicted molar refractivity (Wildman–Crippen MR) is 73.6 cm³/mol. The van der Waals surface area contributed by atoms with Crippen LogP contribution in [0.5, 0.6) is 0 Å². The van der Waals surface area contributed by atoms with Crippen LogP contribution in [0.2, 0.25) is 0 Å².